The minimum absolute atomic E-state index is 0.414. The highest BCUT2D eigenvalue weighted by Crippen LogP contribution is 2.08. The Labute approximate surface area is 68.5 Å². The van der Waals surface area contributed by atoms with E-state index in [9.17, 15) is 4.79 Å². The van der Waals surface area contributed by atoms with Crippen LogP contribution >= 0.6 is 23.2 Å². The lowest BCUT2D eigenvalue weighted by Crippen LogP contribution is -2.19. The molecule has 0 spiro atoms. The Bertz CT molecular complexity index is 220. The van der Waals surface area contributed by atoms with Crippen LogP contribution in [0.5, 0.6) is 0 Å². The average Bonchev–Trinajstić information content (AvgIpc) is 1.88. The molecule has 54 valence electrons. The first-order chi connectivity index (χ1) is 4.70. The lowest BCUT2D eigenvalue weighted by molar-refractivity contribution is -0.108. The summed E-state index contributed by atoms with van der Waals surface area (Å²) in [5, 5.41) is 2.86. The maximum absolute atomic E-state index is 10.5. The van der Waals surface area contributed by atoms with Crippen LogP contribution in [0.25, 0.3) is 0 Å². The number of carbonyl (C=O) groups excluding carboxylic acids is 1. The Kier molecular flexibility index (Phi) is 2.35. The molecule has 1 heterocycles. The topological polar surface area (TPSA) is 29.1 Å². The molecule has 1 aliphatic rings. The first-order valence-corrected chi connectivity index (χ1v) is 3.46. The highest BCUT2D eigenvalue weighted by Gasteiger charge is 2.08. The summed E-state index contributed by atoms with van der Waals surface area (Å²) in [6.45, 7) is 0.414. The molecule has 0 aromatic heterocycles. The van der Waals surface area contributed by atoms with E-state index < -0.39 is 5.24 Å². The minimum Gasteiger partial charge on any atom is -0.372 e. The predicted octanol–water partition coefficient (Wildman–Crippen LogP) is 1.36. The Morgan fingerprint density at radius 1 is 1.60 bits per heavy atom. The van der Waals surface area contributed by atoms with Crippen LogP contribution in [0.3, 0.4) is 0 Å². The van der Waals surface area contributed by atoms with Gasteiger partial charge in [0.1, 0.15) is 5.16 Å². The summed E-state index contributed by atoms with van der Waals surface area (Å²) in [4.78, 5) is 10.5. The molecule has 0 bridgehead atoms. The van der Waals surface area contributed by atoms with Crippen molar-refractivity contribution in [3.8, 4) is 0 Å². The molecular formula is C6H5Cl2NO. The van der Waals surface area contributed by atoms with Crippen molar-refractivity contribution >= 4 is 28.4 Å². The molecule has 0 atom stereocenters. The zero-order chi connectivity index (χ0) is 7.56. The van der Waals surface area contributed by atoms with Gasteiger partial charge >= 0.3 is 0 Å². The number of halogens is 2. The summed E-state index contributed by atoms with van der Waals surface area (Å²) in [7, 11) is 0. The van der Waals surface area contributed by atoms with Crippen LogP contribution in [0.2, 0.25) is 0 Å². The van der Waals surface area contributed by atoms with Crippen LogP contribution in [0.1, 0.15) is 0 Å². The summed E-state index contributed by atoms with van der Waals surface area (Å²) in [5.41, 5.74) is 0.533. The molecule has 1 rings (SSSR count). The van der Waals surface area contributed by atoms with Crippen LogP contribution < -0.4 is 5.32 Å². The normalized spacial score (nSPS) is 17.0. The summed E-state index contributed by atoms with van der Waals surface area (Å²) in [6.07, 6.45) is 3.20. The van der Waals surface area contributed by atoms with Gasteiger partial charge in [0.05, 0.1) is 0 Å². The van der Waals surface area contributed by atoms with Gasteiger partial charge in [0.25, 0.3) is 0 Å². The number of carbonyl (C=O) groups is 1. The fourth-order valence-electron chi connectivity index (χ4n) is 0.606. The standard InChI is InChI=1S/C6H5Cl2NO/c7-5-2-1-4(3-9-5)6(8)10/h1-2,9H,3H2. The van der Waals surface area contributed by atoms with Gasteiger partial charge in [-0.1, -0.05) is 11.6 Å². The molecule has 0 saturated heterocycles. The fraction of sp³-hybridized carbons (Fsp3) is 0.167. The van der Waals surface area contributed by atoms with Crippen molar-refractivity contribution in [3.05, 3.63) is 22.9 Å². The van der Waals surface area contributed by atoms with Crippen molar-refractivity contribution in [2.75, 3.05) is 6.54 Å². The molecule has 1 N–H and O–H groups in total. The lowest BCUT2D eigenvalue weighted by Gasteiger charge is -2.08. The molecule has 10 heavy (non-hydrogen) atoms. The smallest absolute Gasteiger partial charge is 0.250 e. The van der Waals surface area contributed by atoms with E-state index in [0.717, 1.165) is 0 Å². The van der Waals surface area contributed by atoms with Gasteiger partial charge in [-0.15, -0.1) is 0 Å². The highest BCUT2D eigenvalue weighted by molar-refractivity contribution is 6.67. The fourth-order valence-corrected chi connectivity index (χ4v) is 0.866. The SMILES string of the molecule is O=C(Cl)C1=CC=C(Cl)NC1. The van der Waals surface area contributed by atoms with E-state index in [0.29, 0.717) is 17.3 Å². The molecule has 0 aromatic rings. The third kappa shape index (κ3) is 1.75. The zero-order valence-corrected chi connectivity index (χ0v) is 6.54. The van der Waals surface area contributed by atoms with Gasteiger partial charge in [0, 0.05) is 12.1 Å². The summed E-state index contributed by atoms with van der Waals surface area (Å²) in [5.74, 6) is 0. The maximum Gasteiger partial charge on any atom is 0.250 e. The van der Waals surface area contributed by atoms with Crippen molar-refractivity contribution in [1.82, 2.24) is 5.32 Å². The molecular weight excluding hydrogens is 173 g/mol. The Hall–Kier alpha value is -0.470. The summed E-state index contributed by atoms with van der Waals surface area (Å²) in [6, 6.07) is 0. The van der Waals surface area contributed by atoms with Crippen molar-refractivity contribution in [1.29, 1.82) is 0 Å². The quantitative estimate of drug-likeness (QED) is 0.485. The van der Waals surface area contributed by atoms with Gasteiger partial charge in [0.15, 0.2) is 0 Å². The number of hydrogen-bond donors (Lipinski definition) is 1. The summed E-state index contributed by atoms with van der Waals surface area (Å²) >= 11 is 10.7. The minimum atomic E-state index is -0.437. The first-order valence-electron chi connectivity index (χ1n) is 2.70. The highest BCUT2D eigenvalue weighted by atomic mass is 35.5. The van der Waals surface area contributed by atoms with Gasteiger partial charge in [-0.2, -0.15) is 0 Å². The van der Waals surface area contributed by atoms with Crippen LogP contribution in [-0.2, 0) is 4.79 Å². The number of allylic oxidation sites excluding steroid dienone is 2. The second kappa shape index (κ2) is 3.08. The third-order valence-electron chi connectivity index (χ3n) is 1.13. The van der Waals surface area contributed by atoms with Gasteiger partial charge in [-0.05, 0) is 23.8 Å². The van der Waals surface area contributed by atoms with Gasteiger partial charge in [-0.3, -0.25) is 4.79 Å². The van der Waals surface area contributed by atoms with E-state index in [2.05, 4.69) is 5.32 Å². The number of dihydropyridines is 1. The van der Waals surface area contributed by atoms with Crippen LogP contribution in [0, 0.1) is 0 Å². The molecule has 1 aliphatic heterocycles. The van der Waals surface area contributed by atoms with Crippen molar-refractivity contribution in [3.63, 3.8) is 0 Å². The van der Waals surface area contributed by atoms with E-state index in [1.54, 1.807) is 12.2 Å². The van der Waals surface area contributed by atoms with E-state index >= 15 is 0 Å². The second-order valence-electron chi connectivity index (χ2n) is 1.83. The van der Waals surface area contributed by atoms with E-state index in [4.69, 9.17) is 23.2 Å². The molecule has 0 fully saturated rings. The van der Waals surface area contributed by atoms with Gasteiger partial charge in [-0.25, -0.2) is 0 Å². The van der Waals surface area contributed by atoms with Crippen LogP contribution in [0.4, 0.5) is 0 Å². The molecule has 0 unspecified atom stereocenters. The third-order valence-corrected chi connectivity index (χ3v) is 1.63. The number of rotatable bonds is 1. The molecule has 0 radical (unpaired) electrons. The molecule has 2 nitrogen and oxygen atoms in total. The van der Waals surface area contributed by atoms with Crippen molar-refractivity contribution in [2.24, 2.45) is 0 Å². The zero-order valence-electron chi connectivity index (χ0n) is 5.03. The summed E-state index contributed by atoms with van der Waals surface area (Å²) < 4.78 is 0. The van der Waals surface area contributed by atoms with Gasteiger partial charge < -0.3 is 5.32 Å². The number of hydrogen-bond acceptors (Lipinski definition) is 2. The lowest BCUT2D eigenvalue weighted by atomic mass is 10.2. The predicted molar refractivity (Wildman–Crippen MR) is 40.9 cm³/mol. The largest absolute Gasteiger partial charge is 0.372 e. The van der Waals surface area contributed by atoms with E-state index in [1.165, 1.54) is 0 Å². The maximum atomic E-state index is 10.5. The number of nitrogens with one attached hydrogen (secondary N) is 1. The van der Waals surface area contributed by atoms with Crippen LogP contribution in [0.15, 0.2) is 22.9 Å². The molecule has 4 heteroatoms. The molecule has 0 aliphatic carbocycles. The Balaban J connectivity index is 2.74. The van der Waals surface area contributed by atoms with E-state index in [-0.39, 0.29) is 0 Å². The second-order valence-corrected chi connectivity index (χ2v) is 2.58. The van der Waals surface area contributed by atoms with Crippen molar-refractivity contribution < 1.29 is 4.79 Å². The Morgan fingerprint density at radius 2 is 2.30 bits per heavy atom. The van der Waals surface area contributed by atoms with Crippen LogP contribution in [-0.4, -0.2) is 11.8 Å². The van der Waals surface area contributed by atoms with Crippen molar-refractivity contribution in [2.45, 2.75) is 0 Å². The molecule has 0 aromatic carbocycles. The van der Waals surface area contributed by atoms with Gasteiger partial charge in [0.2, 0.25) is 5.24 Å². The van der Waals surface area contributed by atoms with E-state index in [1.807, 2.05) is 0 Å². The average molecular weight is 178 g/mol. The molecule has 0 saturated carbocycles. The Morgan fingerprint density at radius 3 is 2.70 bits per heavy atom. The molecule has 0 amide bonds. The monoisotopic (exact) mass is 177 g/mol. The first kappa shape index (κ1) is 7.63.